The second kappa shape index (κ2) is 7.00. The fourth-order valence-corrected chi connectivity index (χ4v) is 5.86. The van der Waals surface area contributed by atoms with E-state index in [0.29, 0.717) is 25.1 Å². The molecule has 0 spiro atoms. The van der Waals surface area contributed by atoms with Crippen LogP contribution in [0.25, 0.3) is 0 Å². The molecule has 0 aliphatic carbocycles. The molecule has 1 saturated heterocycles. The van der Waals surface area contributed by atoms with Crippen molar-refractivity contribution in [1.29, 1.82) is 0 Å². The van der Waals surface area contributed by atoms with Crippen LogP contribution >= 0.6 is 0 Å². The molecule has 4 aliphatic rings. The molecule has 2 aromatic rings. The van der Waals surface area contributed by atoms with Crippen LogP contribution in [0.5, 0.6) is 5.75 Å². The van der Waals surface area contributed by atoms with Gasteiger partial charge in [-0.3, -0.25) is 4.79 Å². The van der Waals surface area contributed by atoms with Crippen molar-refractivity contribution in [2.45, 2.75) is 37.3 Å². The number of piperidine rings is 1. The molecule has 1 amide bonds. The highest BCUT2D eigenvalue weighted by atomic mass is 16.5. The van der Waals surface area contributed by atoms with Gasteiger partial charge in [-0.25, -0.2) is 0 Å². The highest BCUT2D eigenvalue weighted by molar-refractivity contribution is 6.03. The highest BCUT2D eigenvalue weighted by Crippen LogP contribution is 2.49. The van der Waals surface area contributed by atoms with Gasteiger partial charge in [-0.1, -0.05) is 30.3 Å². The number of carbonyl (C=O) groups excluding carboxylic acids is 1. The minimum Gasteiger partial charge on any atom is -0.490 e. The van der Waals surface area contributed by atoms with E-state index in [1.54, 1.807) is 0 Å². The zero-order valence-corrected chi connectivity index (χ0v) is 17.0. The molecule has 2 N–H and O–H groups in total. The van der Waals surface area contributed by atoms with Gasteiger partial charge in [0.15, 0.2) is 0 Å². The van der Waals surface area contributed by atoms with Gasteiger partial charge in [-0.05, 0) is 43.0 Å². The molecule has 0 saturated carbocycles. The summed E-state index contributed by atoms with van der Waals surface area (Å²) >= 11 is 0. The largest absolute Gasteiger partial charge is 0.490 e. The van der Waals surface area contributed by atoms with Crippen LogP contribution in [0.3, 0.4) is 0 Å². The number of rotatable bonds is 4. The van der Waals surface area contributed by atoms with E-state index in [1.807, 2.05) is 18.2 Å². The van der Waals surface area contributed by atoms with Crippen molar-refractivity contribution >= 4 is 17.3 Å². The molecule has 6 rings (SSSR count). The lowest BCUT2D eigenvalue weighted by Gasteiger charge is -2.39. The smallest absolute Gasteiger partial charge is 0.243 e. The fraction of sp³-hybridized carbons (Fsp3) is 0.458. The van der Waals surface area contributed by atoms with Crippen LogP contribution in [0, 0.1) is 0 Å². The third kappa shape index (κ3) is 2.81. The molecule has 156 valence electrons. The van der Waals surface area contributed by atoms with Crippen molar-refractivity contribution in [3.8, 4) is 5.75 Å². The predicted octanol–water partition coefficient (Wildman–Crippen LogP) is 2.68. The summed E-state index contributed by atoms with van der Waals surface area (Å²) in [7, 11) is 0. The molecule has 4 heterocycles. The van der Waals surface area contributed by atoms with Gasteiger partial charge in [0.2, 0.25) is 5.91 Å². The molecule has 4 aliphatic heterocycles. The summed E-state index contributed by atoms with van der Waals surface area (Å²) in [6, 6.07) is 12.9. The quantitative estimate of drug-likeness (QED) is 0.819. The number of fused-ring (bicyclic) bond motifs is 4. The summed E-state index contributed by atoms with van der Waals surface area (Å²) in [4.78, 5) is 17.1. The normalized spacial score (nSPS) is 26.6. The maximum Gasteiger partial charge on any atom is 0.243 e. The highest BCUT2D eigenvalue weighted by Gasteiger charge is 2.45. The van der Waals surface area contributed by atoms with Gasteiger partial charge in [-0.2, -0.15) is 0 Å². The fourth-order valence-electron chi connectivity index (χ4n) is 5.86. The molecular weight excluding hydrogens is 378 g/mol. The Morgan fingerprint density at radius 3 is 2.97 bits per heavy atom. The van der Waals surface area contributed by atoms with Gasteiger partial charge in [0, 0.05) is 30.6 Å². The maximum absolute atomic E-state index is 12.1. The first-order valence-electron chi connectivity index (χ1n) is 11.0. The number of aliphatic hydroxyl groups excluding tert-OH is 1. The zero-order valence-electron chi connectivity index (χ0n) is 17.0. The zero-order chi connectivity index (χ0) is 20.2. The lowest BCUT2D eigenvalue weighted by atomic mass is 9.89. The summed E-state index contributed by atoms with van der Waals surface area (Å²) in [6.07, 6.45) is 2.65. The van der Waals surface area contributed by atoms with Gasteiger partial charge >= 0.3 is 0 Å². The van der Waals surface area contributed by atoms with Gasteiger partial charge in [0.05, 0.1) is 17.9 Å². The number of benzene rings is 2. The van der Waals surface area contributed by atoms with E-state index in [0.717, 1.165) is 55.9 Å². The second-order valence-corrected chi connectivity index (χ2v) is 8.95. The van der Waals surface area contributed by atoms with Crippen molar-refractivity contribution in [2.24, 2.45) is 0 Å². The van der Waals surface area contributed by atoms with E-state index in [-0.39, 0.29) is 5.91 Å². The predicted molar refractivity (Wildman–Crippen MR) is 115 cm³/mol. The SMILES string of the molecule is O=C1CN2c3c(cccc3[C@@H]3CN(CCCc4cccc5c4OCC5O)CC[C@@H]32)N1. The summed E-state index contributed by atoms with van der Waals surface area (Å²) < 4.78 is 5.73. The number of anilines is 2. The van der Waals surface area contributed by atoms with Crippen molar-refractivity contribution < 1.29 is 14.6 Å². The van der Waals surface area contributed by atoms with E-state index in [1.165, 1.54) is 16.8 Å². The number of amides is 1. The number of likely N-dealkylation sites (tertiary alicyclic amines) is 1. The molecule has 2 aromatic carbocycles. The van der Waals surface area contributed by atoms with Crippen molar-refractivity contribution in [3.63, 3.8) is 0 Å². The summed E-state index contributed by atoms with van der Waals surface area (Å²) in [5.41, 5.74) is 5.76. The maximum atomic E-state index is 12.1. The van der Waals surface area contributed by atoms with Crippen LogP contribution in [0.2, 0.25) is 0 Å². The van der Waals surface area contributed by atoms with E-state index in [4.69, 9.17) is 4.74 Å². The number of carbonyl (C=O) groups is 1. The van der Waals surface area contributed by atoms with Crippen LogP contribution in [0.4, 0.5) is 11.4 Å². The molecular formula is C24H27N3O3. The Morgan fingerprint density at radius 2 is 2.03 bits per heavy atom. The number of nitrogens with one attached hydrogen (secondary N) is 1. The molecule has 6 heteroatoms. The van der Waals surface area contributed by atoms with E-state index >= 15 is 0 Å². The Bertz CT molecular complexity index is 1010. The number of hydrogen-bond acceptors (Lipinski definition) is 5. The first-order chi connectivity index (χ1) is 14.7. The molecule has 0 radical (unpaired) electrons. The van der Waals surface area contributed by atoms with Gasteiger partial charge < -0.3 is 25.0 Å². The van der Waals surface area contributed by atoms with Gasteiger partial charge in [-0.15, -0.1) is 0 Å². The molecule has 0 bridgehead atoms. The third-order valence-electron chi connectivity index (χ3n) is 7.19. The number of aliphatic hydroxyl groups is 1. The Morgan fingerprint density at radius 1 is 1.17 bits per heavy atom. The van der Waals surface area contributed by atoms with Crippen LogP contribution in [-0.4, -0.2) is 54.7 Å². The first kappa shape index (κ1) is 18.2. The monoisotopic (exact) mass is 405 g/mol. The third-order valence-corrected chi connectivity index (χ3v) is 7.19. The Hall–Kier alpha value is -2.57. The number of aryl methyl sites for hydroxylation is 1. The minimum atomic E-state index is -0.488. The Balaban J connectivity index is 1.13. The summed E-state index contributed by atoms with van der Waals surface area (Å²) in [5.74, 6) is 1.47. The van der Waals surface area contributed by atoms with Crippen molar-refractivity contribution in [1.82, 2.24) is 4.90 Å². The van der Waals surface area contributed by atoms with Crippen LogP contribution in [-0.2, 0) is 11.2 Å². The molecule has 1 unspecified atom stereocenters. The molecule has 30 heavy (non-hydrogen) atoms. The Kier molecular flexibility index (Phi) is 4.25. The summed E-state index contributed by atoms with van der Waals surface area (Å²) in [5, 5.41) is 13.1. The minimum absolute atomic E-state index is 0.102. The van der Waals surface area contributed by atoms with Crippen molar-refractivity contribution in [3.05, 3.63) is 53.1 Å². The van der Waals surface area contributed by atoms with Crippen LogP contribution in [0.1, 0.15) is 41.6 Å². The molecule has 0 aromatic heterocycles. The number of nitrogens with zero attached hydrogens (tertiary/aromatic N) is 2. The molecule has 3 atom stereocenters. The second-order valence-electron chi connectivity index (χ2n) is 8.95. The van der Waals surface area contributed by atoms with E-state index < -0.39 is 6.10 Å². The van der Waals surface area contributed by atoms with Crippen LogP contribution < -0.4 is 15.0 Å². The van der Waals surface area contributed by atoms with Gasteiger partial charge in [0.25, 0.3) is 0 Å². The lowest BCUT2D eigenvalue weighted by molar-refractivity contribution is -0.115. The number of para-hydroxylation sites is 2. The average Bonchev–Trinajstić information content (AvgIpc) is 3.28. The lowest BCUT2D eigenvalue weighted by Crippen LogP contribution is -2.49. The Labute approximate surface area is 176 Å². The molecule has 6 nitrogen and oxygen atoms in total. The molecule has 1 fully saturated rings. The standard InChI is InChI=1S/C24H27N3O3/c28-21-14-30-24-15(4-1-7-17(21)24)5-3-10-26-11-9-20-18(12-26)16-6-2-8-19-23(16)27(20)13-22(29)25-19/h1-2,4,6-8,18,20-21,28H,3,5,9-14H2,(H,25,29)/t18-,20-,21?/m0/s1. The average molecular weight is 405 g/mol. The van der Waals surface area contributed by atoms with E-state index in [2.05, 4.69) is 33.3 Å². The number of hydrogen-bond donors (Lipinski definition) is 2. The number of ether oxygens (including phenoxy) is 1. The van der Waals surface area contributed by atoms with E-state index in [9.17, 15) is 9.90 Å². The van der Waals surface area contributed by atoms with Crippen LogP contribution in [0.15, 0.2) is 36.4 Å². The van der Waals surface area contributed by atoms with Gasteiger partial charge in [0.1, 0.15) is 18.5 Å². The summed E-state index contributed by atoms with van der Waals surface area (Å²) in [6.45, 7) is 4.03. The van der Waals surface area contributed by atoms with Crippen molar-refractivity contribution in [2.75, 3.05) is 43.0 Å². The topological polar surface area (TPSA) is 65.0 Å². The first-order valence-corrected chi connectivity index (χ1v) is 11.0.